The van der Waals surface area contributed by atoms with Gasteiger partial charge in [0.2, 0.25) is 0 Å². The lowest BCUT2D eigenvalue weighted by molar-refractivity contribution is 0.266. The number of aromatic hydroxyl groups is 1. The van der Waals surface area contributed by atoms with Gasteiger partial charge in [0, 0.05) is 49.5 Å². The number of aromatic amines is 1. The number of H-pyrrole nitrogens is 1. The zero-order chi connectivity index (χ0) is 24.1. The first-order valence-electron chi connectivity index (χ1n) is 13.0. The summed E-state index contributed by atoms with van der Waals surface area (Å²) in [5.74, 6) is 1.34. The number of aromatic nitrogens is 1. The summed E-state index contributed by atoms with van der Waals surface area (Å²) in [5, 5.41) is 15.6. The Kier molecular flexibility index (Phi) is 7.99. The van der Waals surface area contributed by atoms with E-state index in [9.17, 15) is 5.11 Å². The van der Waals surface area contributed by atoms with E-state index in [0.29, 0.717) is 17.6 Å². The van der Waals surface area contributed by atoms with Crippen LogP contribution in [0.3, 0.4) is 0 Å². The summed E-state index contributed by atoms with van der Waals surface area (Å²) in [6.45, 7) is 14.8. The molecule has 1 aromatic heterocycles. The minimum atomic E-state index is 0.316. The summed E-state index contributed by atoms with van der Waals surface area (Å²) in [4.78, 5) is 5.78. The van der Waals surface area contributed by atoms with Crippen molar-refractivity contribution in [3.63, 3.8) is 0 Å². The molecule has 0 amide bonds. The second kappa shape index (κ2) is 11.1. The Labute approximate surface area is 205 Å². The van der Waals surface area contributed by atoms with Crippen molar-refractivity contribution in [3.8, 4) is 5.75 Å². The maximum absolute atomic E-state index is 10.7. The van der Waals surface area contributed by atoms with Crippen LogP contribution >= 0.6 is 0 Å². The maximum Gasteiger partial charge on any atom is 0.119 e. The highest BCUT2D eigenvalue weighted by Gasteiger charge is 2.19. The first kappa shape index (κ1) is 24.4. The first-order chi connectivity index (χ1) is 16.4. The van der Waals surface area contributed by atoms with E-state index in [1.165, 1.54) is 52.4 Å². The quantitative estimate of drug-likeness (QED) is 0.302. The Balaban J connectivity index is 1.41. The van der Waals surface area contributed by atoms with Gasteiger partial charge in [-0.25, -0.2) is 0 Å². The van der Waals surface area contributed by atoms with Gasteiger partial charge in [-0.15, -0.1) is 0 Å². The highest BCUT2D eigenvalue weighted by atomic mass is 16.3. The number of phenolic OH excluding ortho intramolecular Hbond substituents is 1. The number of phenols is 1. The van der Waals surface area contributed by atoms with Crippen LogP contribution in [0.1, 0.15) is 62.3 Å². The Bertz CT molecular complexity index is 1110. The van der Waals surface area contributed by atoms with Crippen LogP contribution in [0.5, 0.6) is 5.75 Å². The van der Waals surface area contributed by atoms with Crippen molar-refractivity contribution in [3.05, 3.63) is 77.1 Å². The maximum atomic E-state index is 10.7. The van der Waals surface area contributed by atoms with Gasteiger partial charge in [-0.3, -0.25) is 0 Å². The fourth-order valence-corrected chi connectivity index (χ4v) is 5.27. The molecule has 4 nitrogen and oxygen atoms in total. The van der Waals surface area contributed by atoms with Gasteiger partial charge < -0.3 is 20.3 Å². The summed E-state index contributed by atoms with van der Waals surface area (Å²) in [6.07, 6.45) is 7.74. The molecule has 1 aliphatic rings. The molecular weight excluding hydrogens is 418 g/mol. The molecule has 0 unspecified atom stereocenters. The fraction of sp³-hybridized carbons (Fsp3) is 0.467. The van der Waals surface area contributed by atoms with E-state index in [1.807, 2.05) is 12.3 Å². The smallest absolute Gasteiger partial charge is 0.119 e. The first-order valence-corrected chi connectivity index (χ1v) is 13.0. The minimum Gasteiger partial charge on any atom is -0.508 e. The predicted molar refractivity (Wildman–Crippen MR) is 143 cm³/mol. The topological polar surface area (TPSA) is 51.3 Å². The number of aryl methyl sites for hydroxylation is 1. The highest BCUT2D eigenvalue weighted by molar-refractivity contribution is 5.82. The third kappa shape index (κ3) is 5.85. The van der Waals surface area contributed by atoms with Crippen LogP contribution in [-0.4, -0.2) is 28.1 Å². The molecule has 4 heteroatoms. The largest absolute Gasteiger partial charge is 0.508 e. The van der Waals surface area contributed by atoms with Crippen LogP contribution in [0, 0.1) is 11.8 Å². The van der Waals surface area contributed by atoms with Gasteiger partial charge in [0.1, 0.15) is 5.75 Å². The molecule has 1 heterocycles. The SMILES string of the molecule is C=C([C@@H](C)CNCc1cccc2cc[nH]c12)N(Cc1cc(O)c2c(c1)CCCCC2)CC(C)C. The number of para-hydroxylation sites is 1. The number of benzene rings is 2. The molecule has 4 rings (SSSR count). The number of fused-ring (bicyclic) bond motifs is 2. The summed E-state index contributed by atoms with van der Waals surface area (Å²) in [7, 11) is 0. The van der Waals surface area contributed by atoms with Crippen molar-refractivity contribution in [2.45, 2.75) is 66.0 Å². The molecule has 0 radical (unpaired) electrons. The van der Waals surface area contributed by atoms with Gasteiger partial charge in [-0.2, -0.15) is 0 Å². The predicted octanol–water partition coefficient (Wildman–Crippen LogP) is 6.54. The van der Waals surface area contributed by atoms with Crippen LogP contribution in [-0.2, 0) is 25.9 Å². The number of rotatable bonds is 10. The molecule has 1 atom stereocenters. The molecule has 0 spiro atoms. The molecular formula is C30H41N3O. The second-order valence-electron chi connectivity index (χ2n) is 10.5. The van der Waals surface area contributed by atoms with Gasteiger partial charge in [0.25, 0.3) is 0 Å². The van der Waals surface area contributed by atoms with E-state index in [-0.39, 0.29) is 0 Å². The van der Waals surface area contributed by atoms with Crippen LogP contribution in [0.4, 0.5) is 0 Å². The number of hydrogen-bond acceptors (Lipinski definition) is 3. The standard InChI is InChI=1S/C30H41N3O/c1-21(2)19-33(20-24-15-26-9-6-5-7-12-28(26)29(34)16-24)23(4)22(3)17-31-18-27-11-8-10-25-13-14-32-30(25)27/h8,10-11,13-16,21-22,31-32,34H,4-7,9,12,17-20H2,1-3H3/t22-/m0/s1. The molecule has 3 N–H and O–H groups in total. The molecule has 1 aliphatic carbocycles. The fourth-order valence-electron chi connectivity index (χ4n) is 5.27. The van der Waals surface area contributed by atoms with Crippen molar-refractivity contribution in [2.75, 3.05) is 13.1 Å². The third-order valence-electron chi connectivity index (χ3n) is 7.12. The van der Waals surface area contributed by atoms with Crippen LogP contribution < -0.4 is 5.32 Å². The Morgan fingerprint density at radius 3 is 2.76 bits per heavy atom. The van der Waals surface area contributed by atoms with E-state index in [0.717, 1.165) is 44.7 Å². The van der Waals surface area contributed by atoms with Crippen molar-refractivity contribution in [2.24, 2.45) is 11.8 Å². The molecule has 3 aromatic rings. The molecule has 0 bridgehead atoms. The zero-order valence-electron chi connectivity index (χ0n) is 21.2. The van der Waals surface area contributed by atoms with E-state index >= 15 is 0 Å². The Morgan fingerprint density at radius 2 is 1.94 bits per heavy atom. The van der Waals surface area contributed by atoms with Crippen molar-refractivity contribution in [1.29, 1.82) is 0 Å². The Morgan fingerprint density at radius 1 is 1.12 bits per heavy atom. The van der Waals surface area contributed by atoms with Crippen LogP contribution in [0.2, 0.25) is 0 Å². The van der Waals surface area contributed by atoms with Gasteiger partial charge >= 0.3 is 0 Å². The highest BCUT2D eigenvalue weighted by Crippen LogP contribution is 2.31. The molecule has 34 heavy (non-hydrogen) atoms. The lowest BCUT2D eigenvalue weighted by Gasteiger charge is -2.32. The average Bonchev–Trinajstić information content (AvgIpc) is 3.16. The van der Waals surface area contributed by atoms with Crippen molar-refractivity contribution in [1.82, 2.24) is 15.2 Å². The van der Waals surface area contributed by atoms with Crippen LogP contribution in [0.15, 0.2) is 54.9 Å². The molecule has 0 fully saturated rings. The zero-order valence-corrected chi connectivity index (χ0v) is 21.2. The van der Waals surface area contributed by atoms with Gasteiger partial charge in [-0.1, -0.05) is 58.0 Å². The second-order valence-corrected chi connectivity index (χ2v) is 10.5. The summed E-state index contributed by atoms with van der Waals surface area (Å²) >= 11 is 0. The van der Waals surface area contributed by atoms with Gasteiger partial charge in [-0.05, 0) is 71.4 Å². The van der Waals surface area contributed by atoms with E-state index in [2.05, 4.69) is 72.9 Å². The van der Waals surface area contributed by atoms with E-state index in [1.54, 1.807) is 0 Å². The lowest BCUT2D eigenvalue weighted by Crippen LogP contribution is -2.33. The molecule has 0 saturated carbocycles. The monoisotopic (exact) mass is 459 g/mol. The number of nitrogens with zero attached hydrogens (tertiary/aromatic N) is 1. The van der Waals surface area contributed by atoms with Gasteiger partial charge in [0.15, 0.2) is 0 Å². The molecule has 0 aliphatic heterocycles. The number of hydrogen-bond donors (Lipinski definition) is 3. The third-order valence-corrected chi connectivity index (χ3v) is 7.12. The van der Waals surface area contributed by atoms with Crippen LogP contribution in [0.25, 0.3) is 10.9 Å². The average molecular weight is 460 g/mol. The Hall–Kier alpha value is -2.72. The van der Waals surface area contributed by atoms with Gasteiger partial charge in [0.05, 0.1) is 0 Å². The molecule has 182 valence electrons. The summed E-state index contributed by atoms with van der Waals surface area (Å²) in [6, 6.07) is 12.9. The van der Waals surface area contributed by atoms with Crippen molar-refractivity contribution < 1.29 is 5.11 Å². The summed E-state index contributed by atoms with van der Waals surface area (Å²) < 4.78 is 0. The molecule has 2 aromatic carbocycles. The molecule has 0 saturated heterocycles. The minimum absolute atomic E-state index is 0.316. The summed E-state index contributed by atoms with van der Waals surface area (Å²) in [5.41, 5.74) is 7.37. The van der Waals surface area contributed by atoms with Crippen molar-refractivity contribution >= 4 is 10.9 Å². The normalized spacial score (nSPS) is 14.7. The van der Waals surface area contributed by atoms with E-state index in [4.69, 9.17) is 0 Å². The lowest BCUT2D eigenvalue weighted by atomic mass is 9.97. The number of nitrogens with one attached hydrogen (secondary N) is 2. The van der Waals surface area contributed by atoms with E-state index < -0.39 is 0 Å².